The maximum atomic E-state index is 9.48. The third-order valence-electron chi connectivity index (χ3n) is 2.10. The van der Waals surface area contributed by atoms with Crippen LogP contribution in [0.25, 0.3) is 0 Å². The van der Waals surface area contributed by atoms with E-state index >= 15 is 0 Å². The normalized spacial score (nSPS) is 11.6. The molecule has 3 N–H and O–H groups in total. The molecule has 0 fully saturated rings. The van der Waals surface area contributed by atoms with Crippen molar-refractivity contribution in [2.45, 2.75) is 19.3 Å². The van der Waals surface area contributed by atoms with Gasteiger partial charge in [-0.3, -0.25) is 0 Å². The number of rotatable bonds is 2. The molecule has 0 unspecified atom stereocenters. The van der Waals surface area contributed by atoms with Crippen LogP contribution in [0, 0.1) is 0 Å². The standard InChI is InChI=1S/C10H14O3/c1-10(2,6-11)8-5-7(12)3-4-9(8)13/h3-5,11-13H,6H2,1-2H3. The van der Waals surface area contributed by atoms with Gasteiger partial charge in [0.2, 0.25) is 0 Å². The summed E-state index contributed by atoms with van der Waals surface area (Å²) in [6.07, 6.45) is 0. The van der Waals surface area contributed by atoms with Gasteiger partial charge in [-0.2, -0.15) is 0 Å². The zero-order valence-electron chi connectivity index (χ0n) is 7.78. The van der Waals surface area contributed by atoms with Gasteiger partial charge >= 0.3 is 0 Å². The Morgan fingerprint density at radius 2 is 1.85 bits per heavy atom. The average molecular weight is 182 g/mol. The molecule has 3 nitrogen and oxygen atoms in total. The van der Waals surface area contributed by atoms with Gasteiger partial charge in [-0.15, -0.1) is 0 Å². The van der Waals surface area contributed by atoms with Crippen LogP contribution in [0.3, 0.4) is 0 Å². The Kier molecular flexibility index (Phi) is 2.48. The van der Waals surface area contributed by atoms with Crippen molar-refractivity contribution < 1.29 is 15.3 Å². The summed E-state index contributed by atoms with van der Waals surface area (Å²) in [4.78, 5) is 0. The van der Waals surface area contributed by atoms with Crippen LogP contribution in [-0.2, 0) is 5.41 Å². The highest BCUT2D eigenvalue weighted by atomic mass is 16.3. The SMILES string of the molecule is CC(C)(CO)c1cc(O)ccc1O. The predicted molar refractivity (Wildman–Crippen MR) is 49.9 cm³/mol. The first-order chi connectivity index (χ1) is 5.97. The van der Waals surface area contributed by atoms with Crippen LogP contribution in [0.4, 0.5) is 0 Å². The van der Waals surface area contributed by atoms with Crippen LogP contribution in [0.1, 0.15) is 19.4 Å². The molecule has 0 radical (unpaired) electrons. The fourth-order valence-electron chi connectivity index (χ4n) is 1.15. The summed E-state index contributed by atoms with van der Waals surface area (Å²) < 4.78 is 0. The molecule has 0 saturated carbocycles. The predicted octanol–water partition coefficient (Wildman–Crippen LogP) is 1.37. The van der Waals surface area contributed by atoms with Gasteiger partial charge in [0.1, 0.15) is 11.5 Å². The largest absolute Gasteiger partial charge is 0.508 e. The van der Waals surface area contributed by atoms with Gasteiger partial charge < -0.3 is 15.3 Å². The van der Waals surface area contributed by atoms with Crippen LogP contribution >= 0.6 is 0 Å². The molecule has 1 rings (SSSR count). The van der Waals surface area contributed by atoms with Crippen molar-refractivity contribution in [3.63, 3.8) is 0 Å². The van der Waals surface area contributed by atoms with E-state index in [1.807, 2.05) is 0 Å². The molecule has 0 aliphatic heterocycles. The Morgan fingerprint density at radius 3 is 2.38 bits per heavy atom. The van der Waals surface area contributed by atoms with Crippen LogP contribution in [0.5, 0.6) is 11.5 Å². The van der Waals surface area contributed by atoms with Gasteiger partial charge in [-0.05, 0) is 18.2 Å². The van der Waals surface area contributed by atoms with E-state index in [0.717, 1.165) is 0 Å². The lowest BCUT2D eigenvalue weighted by Gasteiger charge is -2.23. The molecule has 72 valence electrons. The Bertz CT molecular complexity index is 305. The fourth-order valence-corrected chi connectivity index (χ4v) is 1.15. The van der Waals surface area contributed by atoms with Gasteiger partial charge in [0, 0.05) is 11.0 Å². The Morgan fingerprint density at radius 1 is 1.23 bits per heavy atom. The van der Waals surface area contributed by atoms with E-state index in [1.165, 1.54) is 18.2 Å². The van der Waals surface area contributed by atoms with E-state index in [1.54, 1.807) is 13.8 Å². The fraction of sp³-hybridized carbons (Fsp3) is 0.400. The average Bonchev–Trinajstić information content (AvgIpc) is 2.09. The van der Waals surface area contributed by atoms with E-state index in [4.69, 9.17) is 5.11 Å². The second kappa shape index (κ2) is 3.26. The van der Waals surface area contributed by atoms with E-state index in [-0.39, 0.29) is 18.1 Å². The molecule has 0 bridgehead atoms. The summed E-state index contributed by atoms with van der Waals surface area (Å²) in [5.74, 6) is 0.186. The molecule has 3 heteroatoms. The number of benzene rings is 1. The minimum absolute atomic E-state index is 0.0794. The molecule has 0 amide bonds. The van der Waals surface area contributed by atoms with Gasteiger partial charge in [0.05, 0.1) is 6.61 Å². The highest BCUT2D eigenvalue weighted by molar-refractivity contribution is 5.42. The van der Waals surface area contributed by atoms with Gasteiger partial charge in [-0.1, -0.05) is 13.8 Å². The molecule has 0 heterocycles. The quantitative estimate of drug-likeness (QED) is 0.605. The zero-order chi connectivity index (χ0) is 10.1. The molecule has 0 aromatic heterocycles. The van der Waals surface area contributed by atoms with Gasteiger partial charge in [0.15, 0.2) is 0 Å². The highest BCUT2D eigenvalue weighted by Crippen LogP contribution is 2.32. The molecule has 1 aromatic carbocycles. The van der Waals surface area contributed by atoms with Crippen molar-refractivity contribution in [3.05, 3.63) is 23.8 Å². The lowest BCUT2D eigenvalue weighted by atomic mass is 9.85. The summed E-state index contributed by atoms with van der Waals surface area (Å²) in [5.41, 5.74) is 0.0121. The van der Waals surface area contributed by atoms with Crippen LogP contribution in [0.15, 0.2) is 18.2 Å². The number of aliphatic hydroxyl groups excluding tert-OH is 1. The Hall–Kier alpha value is -1.22. The maximum absolute atomic E-state index is 9.48. The summed E-state index contributed by atoms with van der Waals surface area (Å²) in [6, 6.07) is 4.29. The van der Waals surface area contributed by atoms with Crippen molar-refractivity contribution in [2.75, 3.05) is 6.61 Å². The van der Waals surface area contributed by atoms with Crippen molar-refractivity contribution >= 4 is 0 Å². The molecule has 0 spiro atoms. The first-order valence-corrected chi connectivity index (χ1v) is 4.11. The second-order valence-corrected chi connectivity index (χ2v) is 3.74. The maximum Gasteiger partial charge on any atom is 0.119 e. The first kappa shape index (κ1) is 9.86. The minimum atomic E-state index is -0.539. The first-order valence-electron chi connectivity index (χ1n) is 4.11. The van der Waals surface area contributed by atoms with E-state index in [2.05, 4.69) is 0 Å². The third-order valence-corrected chi connectivity index (χ3v) is 2.10. The Labute approximate surface area is 77.3 Å². The molecular weight excluding hydrogens is 168 g/mol. The van der Waals surface area contributed by atoms with Crippen molar-refractivity contribution in [2.24, 2.45) is 0 Å². The van der Waals surface area contributed by atoms with Crippen LogP contribution < -0.4 is 0 Å². The highest BCUT2D eigenvalue weighted by Gasteiger charge is 2.23. The number of hydrogen-bond donors (Lipinski definition) is 3. The zero-order valence-corrected chi connectivity index (χ0v) is 7.78. The van der Waals surface area contributed by atoms with E-state index in [0.29, 0.717) is 5.56 Å². The lowest BCUT2D eigenvalue weighted by Crippen LogP contribution is -2.21. The van der Waals surface area contributed by atoms with Crippen molar-refractivity contribution in [1.29, 1.82) is 0 Å². The number of phenolic OH excluding ortho intramolecular Hbond substituents is 2. The molecular formula is C10H14O3. The van der Waals surface area contributed by atoms with Crippen molar-refractivity contribution in [1.82, 2.24) is 0 Å². The summed E-state index contributed by atoms with van der Waals surface area (Å²) in [7, 11) is 0. The monoisotopic (exact) mass is 182 g/mol. The van der Waals surface area contributed by atoms with E-state index < -0.39 is 5.41 Å². The van der Waals surface area contributed by atoms with Gasteiger partial charge in [-0.25, -0.2) is 0 Å². The summed E-state index contributed by atoms with van der Waals surface area (Å²) in [5, 5.41) is 27.8. The molecule has 0 aliphatic rings. The summed E-state index contributed by atoms with van der Waals surface area (Å²) in [6.45, 7) is 3.51. The smallest absolute Gasteiger partial charge is 0.119 e. The number of phenols is 2. The van der Waals surface area contributed by atoms with Gasteiger partial charge in [0.25, 0.3) is 0 Å². The van der Waals surface area contributed by atoms with Crippen LogP contribution in [-0.4, -0.2) is 21.9 Å². The number of aliphatic hydroxyl groups is 1. The van der Waals surface area contributed by atoms with Crippen LogP contribution in [0.2, 0.25) is 0 Å². The molecule has 13 heavy (non-hydrogen) atoms. The van der Waals surface area contributed by atoms with Crippen molar-refractivity contribution in [3.8, 4) is 11.5 Å². The lowest BCUT2D eigenvalue weighted by molar-refractivity contribution is 0.215. The molecule has 1 aromatic rings. The summed E-state index contributed by atoms with van der Waals surface area (Å²) >= 11 is 0. The third kappa shape index (κ3) is 1.92. The number of aromatic hydroxyl groups is 2. The minimum Gasteiger partial charge on any atom is -0.508 e. The molecule has 0 saturated heterocycles. The topological polar surface area (TPSA) is 60.7 Å². The molecule has 0 atom stereocenters. The second-order valence-electron chi connectivity index (χ2n) is 3.74. The Balaban J connectivity index is 3.20. The van der Waals surface area contributed by atoms with E-state index in [9.17, 15) is 10.2 Å². The number of hydrogen-bond acceptors (Lipinski definition) is 3. The molecule has 0 aliphatic carbocycles.